The second-order valence-electron chi connectivity index (χ2n) is 3.90. The minimum absolute atomic E-state index is 0.0942. The van der Waals surface area contributed by atoms with E-state index in [1.807, 2.05) is 0 Å². The van der Waals surface area contributed by atoms with E-state index in [0.29, 0.717) is 5.56 Å². The van der Waals surface area contributed by atoms with Gasteiger partial charge in [0.1, 0.15) is 17.1 Å². The summed E-state index contributed by atoms with van der Waals surface area (Å²) in [6, 6.07) is 1.75. The number of aromatic nitrogens is 2. The number of H-pyrrole nitrogens is 1. The maximum atomic E-state index is 13.6. The van der Waals surface area contributed by atoms with Gasteiger partial charge in [-0.05, 0) is 6.07 Å². The van der Waals surface area contributed by atoms with Crippen molar-refractivity contribution in [1.29, 1.82) is 0 Å². The lowest BCUT2D eigenvalue weighted by atomic mass is 10.1. The summed E-state index contributed by atoms with van der Waals surface area (Å²) in [7, 11) is 0. The van der Waals surface area contributed by atoms with Crippen molar-refractivity contribution >= 4 is 17.3 Å². The van der Waals surface area contributed by atoms with E-state index in [2.05, 4.69) is 15.5 Å². The highest BCUT2D eigenvalue weighted by atomic mass is 19.1. The van der Waals surface area contributed by atoms with Crippen molar-refractivity contribution in [3.63, 3.8) is 0 Å². The highest BCUT2D eigenvalue weighted by molar-refractivity contribution is 6.01. The summed E-state index contributed by atoms with van der Waals surface area (Å²) in [5.41, 5.74) is 4.59. The first kappa shape index (κ1) is 13.5. The van der Waals surface area contributed by atoms with Gasteiger partial charge >= 0.3 is 0 Å². The maximum Gasteiger partial charge on any atom is 0.293 e. The second-order valence-corrected chi connectivity index (χ2v) is 3.90. The molecule has 0 aliphatic carbocycles. The summed E-state index contributed by atoms with van der Waals surface area (Å²) in [4.78, 5) is 21.8. The van der Waals surface area contributed by atoms with Crippen LogP contribution in [0.2, 0.25) is 0 Å². The molecule has 0 bridgehead atoms. The summed E-state index contributed by atoms with van der Waals surface area (Å²) in [6.07, 6.45) is 3.03. The molecule has 2 rings (SSSR count). The number of aromatic amines is 1. The number of nitrogens with zero attached hydrogens (tertiary/aromatic N) is 2. The van der Waals surface area contributed by atoms with Crippen molar-refractivity contribution in [1.82, 2.24) is 15.5 Å². The number of hydrogen-bond donors (Lipinski definition) is 3. The Morgan fingerprint density at radius 1 is 1.55 bits per heavy atom. The highest BCUT2D eigenvalue weighted by Crippen LogP contribution is 2.27. The number of nitrogens with two attached hydrogens (primary N) is 1. The summed E-state index contributed by atoms with van der Waals surface area (Å²) < 4.78 is 13.6. The Balaban J connectivity index is 2.25. The van der Waals surface area contributed by atoms with Gasteiger partial charge in [-0.3, -0.25) is 20.0 Å². The average Bonchev–Trinajstić information content (AvgIpc) is 2.89. The third kappa shape index (κ3) is 2.55. The van der Waals surface area contributed by atoms with E-state index < -0.39 is 33.6 Å². The van der Waals surface area contributed by atoms with Crippen molar-refractivity contribution < 1.29 is 14.1 Å². The van der Waals surface area contributed by atoms with Gasteiger partial charge in [-0.2, -0.15) is 5.10 Å². The first-order valence-corrected chi connectivity index (χ1v) is 5.49. The molecular weight excluding hydrogens is 269 g/mol. The third-order valence-electron chi connectivity index (χ3n) is 2.60. The zero-order chi connectivity index (χ0) is 14.7. The molecule has 0 fully saturated rings. The van der Waals surface area contributed by atoms with E-state index >= 15 is 0 Å². The van der Waals surface area contributed by atoms with E-state index in [9.17, 15) is 19.3 Å². The summed E-state index contributed by atoms with van der Waals surface area (Å²) >= 11 is 0. The number of benzene rings is 1. The molecule has 0 aliphatic heterocycles. The van der Waals surface area contributed by atoms with Crippen LogP contribution >= 0.6 is 0 Å². The highest BCUT2D eigenvalue weighted by Gasteiger charge is 2.23. The van der Waals surface area contributed by atoms with E-state index in [1.165, 1.54) is 6.20 Å². The lowest BCUT2D eigenvalue weighted by Crippen LogP contribution is -2.25. The van der Waals surface area contributed by atoms with Gasteiger partial charge in [0.25, 0.3) is 11.6 Å². The monoisotopic (exact) mass is 279 g/mol. The van der Waals surface area contributed by atoms with E-state index in [-0.39, 0.29) is 6.54 Å². The fourth-order valence-corrected chi connectivity index (χ4v) is 1.62. The fourth-order valence-electron chi connectivity index (χ4n) is 1.62. The standard InChI is InChI=1S/C11H10FN5O3/c12-7-1-2-8(17(19)20)10(13)9(7)11(18)14-3-6-4-15-16-5-6/h1-2,4-5H,3,13H2,(H,14,18)(H,15,16). The zero-order valence-corrected chi connectivity index (χ0v) is 10.1. The van der Waals surface area contributed by atoms with Crippen LogP contribution in [0.25, 0.3) is 0 Å². The molecule has 20 heavy (non-hydrogen) atoms. The first-order valence-electron chi connectivity index (χ1n) is 5.49. The maximum absolute atomic E-state index is 13.6. The Kier molecular flexibility index (Phi) is 3.60. The Hall–Kier alpha value is -2.97. The lowest BCUT2D eigenvalue weighted by molar-refractivity contribution is -0.384. The largest absolute Gasteiger partial charge is 0.392 e. The zero-order valence-electron chi connectivity index (χ0n) is 10.1. The Morgan fingerprint density at radius 2 is 2.30 bits per heavy atom. The molecule has 1 heterocycles. The van der Waals surface area contributed by atoms with Crippen molar-refractivity contribution in [3.05, 3.63) is 51.6 Å². The topological polar surface area (TPSA) is 127 Å². The molecule has 0 atom stereocenters. The first-order chi connectivity index (χ1) is 9.50. The Bertz CT molecular complexity index is 656. The SMILES string of the molecule is Nc1c([N+](=O)[O-])ccc(F)c1C(=O)NCc1cn[nH]c1. The second kappa shape index (κ2) is 5.34. The fraction of sp³-hybridized carbons (Fsp3) is 0.0909. The molecule has 104 valence electrons. The lowest BCUT2D eigenvalue weighted by Gasteiger charge is -2.08. The van der Waals surface area contributed by atoms with Gasteiger partial charge < -0.3 is 11.1 Å². The molecule has 2 aromatic rings. The number of hydrogen-bond acceptors (Lipinski definition) is 5. The van der Waals surface area contributed by atoms with Crippen LogP contribution in [0, 0.1) is 15.9 Å². The number of nitrogen functional groups attached to an aromatic ring is 1. The molecule has 0 radical (unpaired) electrons. The number of nitrogens with one attached hydrogen (secondary N) is 2. The molecule has 1 aromatic heterocycles. The van der Waals surface area contributed by atoms with Gasteiger partial charge in [0.2, 0.25) is 0 Å². The normalized spacial score (nSPS) is 10.2. The van der Waals surface area contributed by atoms with Crippen molar-refractivity contribution in [2.75, 3.05) is 5.73 Å². The quantitative estimate of drug-likeness (QED) is 0.436. The minimum atomic E-state index is -0.919. The van der Waals surface area contributed by atoms with E-state index in [0.717, 1.165) is 12.1 Å². The number of carbonyl (C=O) groups excluding carboxylic acids is 1. The predicted molar refractivity (Wildman–Crippen MR) is 67.2 cm³/mol. The van der Waals surface area contributed by atoms with E-state index in [1.54, 1.807) is 6.20 Å². The van der Waals surface area contributed by atoms with Crippen LogP contribution in [0.5, 0.6) is 0 Å². The molecule has 4 N–H and O–H groups in total. The van der Waals surface area contributed by atoms with Gasteiger partial charge in [-0.15, -0.1) is 0 Å². The van der Waals surface area contributed by atoms with Gasteiger partial charge in [0, 0.05) is 24.4 Å². The van der Waals surface area contributed by atoms with Crippen LogP contribution in [0.3, 0.4) is 0 Å². The van der Waals surface area contributed by atoms with Crippen molar-refractivity contribution in [2.45, 2.75) is 6.54 Å². The molecule has 1 aromatic carbocycles. The van der Waals surface area contributed by atoms with Gasteiger partial charge in [-0.25, -0.2) is 4.39 Å². The molecule has 0 aliphatic rings. The number of carbonyl (C=O) groups is 1. The number of amides is 1. The van der Waals surface area contributed by atoms with Crippen LogP contribution in [0.15, 0.2) is 24.5 Å². The Labute approximate surface area is 111 Å². The number of nitro groups is 1. The molecule has 0 saturated heterocycles. The predicted octanol–water partition coefficient (Wildman–Crippen LogP) is 0.969. The molecule has 1 amide bonds. The molecular formula is C11H10FN5O3. The number of anilines is 1. The van der Waals surface area contributed by atoms with Gasteiger partial charge in [0.15, 0.2) is 0 Å². The summed E-state index contributed by atoms with van der Waals surface area (Å²) in [5, 5.41) is 19.4. The molecule has 0 spiro atoms. The summed E-state index contributed by atoms with van der Waals surface area (Å²) in [6.45, 7) is 0.0942. The van der Waals surface area contributed by atoms with Gasteiger partial charge in [-0.1, -0.05) is 0 Å². The minimum Gasteiger partial charge on any atom is -0.392 e. The van der Waals surface area contributed by atoms with Crippen molar-refractivity contribution in [2.24, 2.45) is 0 Å². The summed E-state index contributed by atoms with van der Waals surface area (Å²) in [5.74, 6) is -1.75. The third-order valence-corrected chi connectivity index (χ3v) is 2.60. The van der Waals surface area contributed by atoms with Crippen LogP contribution < -0.4 is 11.1 Å². The smallest absolute Gasteiger partial charge is 0.293 e. The number of rotatable bonds is 4. The molecule has 8 nitrogen and oxygen atoms in total. The van der Waals surface area contributed by atoms with Crippen LogP contribution in [-0.2, 0) is 6.54 Å². The number of halogens is 1. The van der Waals surface area contributed by atoms with E-state index in [4.69, 9.17) is 5.73 Å². The van der Waals surface area contributed by atoms with Crippen LogP contribution in [0.1, 0.15) is 15.9 Å². The molecule has 0 saturated carbocycles. The average molecular weight is 279 g/mol. The van der Waals surface area contributed by atoms with Crippen LogP contribution in [-0.4, -0.2) is 21.0 Å². The van der Waals surface area contributed by atoms with Crippen molar-refractivity contribution in [3.8, 4) is 0 Å². The molecule has 0 unspecified atom stereocenters. The Morgan fingerprint density at radius 3 is 2.90 bits per heavy atom. The van der Waals surface area contributed by atoms with Gasteiger partial charge in [0.05, 0.1) is 11.1 Å². The molecule has 9 heteroatoms. The number of nitro benzene ring substituents is 1. The van der Waals surface area contributed by atoms with Crippen LogP contribution in [0.4, 0.5) is 15.8 Å².